The van der Waals surface area contributed by atoms with Gasteiger partial charge < -0.3 is 15.4 Å². The Morgan fingerprint density at radius 1 is 1.39 bits per heavy atom. The van der Waals surface area contributed by atoms with Gasteiger partial charge in [0, 0.05) is 12.2 Å². The zero-order valence-corrected chi connectivity index (χ0v) is 10.8. The van der Waals surface area contributed by atoms with Crippen molar-refractivity contribution in [1.82, 2.24) is 10.3 Å². The molecule has 5 heteroatoms. The molecule has 0 saturated heterocycles. The number of carbonyl (C=O) groups excluding carboxylic acids is 1. The van der Waals surface area contributed by atoms with Gasteiger partial charge in [0.1, 0.15) is 5.69 Å². The lowest BCUT2D eigenvalue weighted by Crippen LogP contribution is -2.25. The van der Waals surface area contributed by atoms with Crippen LogP contribution in [0.15, 0.2) is 12.2 Å². The van der Waals surface area contributed by atoms with E-state index in [1.165, 1.54) is 0 Å². The van der Waals surface area contributed by atoms with E-state index in [2.05, 4.69) is 10.3 Å². The Morgan fingerprint density at radius 3 is 2.56 bits per heavy atom. The van der Waals surface area contributed by atoms with Crippen molar-refractivity contribution in [3.8, 4) is 0 Å². The second-order valence-electron chi connectivity index (χ2n) is 4.04. The summed E-state index contributed by atoms with van der Waals surface area (Å²) in [6.07, 6.45) is 4.64. The minimum absolute atomic E-state index is 0.0751. The first kappa shape index (κ1) is 14.0. The third-order valence-electron chi connectivity index (χ3n) is 2.71. The molecule has 0 spiro atoms. The van der Waals surface area contributed by atoms with Gasteiger partial charge in [0.2, 0.25) is 0 Å². The van der Waals surface area contributed by atoms with Gasteiger partial charge in [-0.1, -0.05) is 12.2 Å². The lowest BCUT2D eigenvalue weighted by molar-refractivity contribution is 0.0690. The molecule has 3 N–H and O–H groups in total. The molecule has 18 heavy (non-hydrogen) atoms. The summed E-state index contributed by atoms with van der Waals surface area (Å²) in [6.45, 7) is 5.78. The number of carbonyl (C=O) groups is 2. The number of carboxylic acids is 1. The molecule has 0 atom stereocenters. The molecule has 0 fully saturated rings. The number of hydrogen-bond acceptors (Lipinski definition) is 2. The van der Waals surface area contributed by atoms with Gasteiger partial charge in [0.25, 0.3) is 5.91 Å². The average molecular weight is 250 g/mol. The molecule has 0 radical (unpaired) electrons. The van der Waals surface area contributed by atoms with Crippen LogP contribution in [0.25, 0.3) is 0 Å². The molecular formula is C13H18N2O3. The highest BCUT2D eigenvalue weighted by Crippen LogP contribution is 2.17. The highest BCUT2D eigenvalue weighted by Gasteiger charge is 2.20. The summed E-state index contributed by atoms with van der Waals surface area (Å²) in [7, 11) is 0. The van der Waals surface area contributed by atoms with E-state index in [0.29, 0.717) is 23.4 Å². The molecule has 1 aromatic rings. The molecule has 0 aliphatic heterocycles. The van der Waals surface area contributed by atoms with Crippen molar-refractivity contribution in [3.05, 3.63) is 34.7 Å². The summed E-state index contributed by atoms with van der Waals surface area (Å²) in [5.41, 5.74) is 1.55. The number of carboxylic acid groups (broad SMARTS) is 1. The first-order valence-electron chi connectivity index (χ1n) is 5.80. The van der Waals surface area contributed by atoms with Crippen LogP contribution in [0, 0.1) is 13.8 Å². The topological polar surface area (TPSA) is 82.2 Å². The van der Waals surface area contributed by atoms with Crippen molar-refractivity contribution in [1.29, 1.82) is 0 Å². The minimum atomic E-state index is -1.05. The number of hydrogen-bond donors (Lipinski definition) is 3. The molecule has 0 saturated carbocycles. The molecular weight excluding hydrogens is 232 g/mol. The molecule has 5 nitrogen and oxygen atoms in total. The van der Waals surface area contributed by atoms with Gasteiger partial charge in [-0.25, -0.2) is 4.79 Å². The summed E-state index contributed by atoms with van der Waals surface area (Å²) in [5.74, 6) is -1.29. The normalized spacial score (nSPS) is 10.8. The number of allylic oxidation sites excluding steroid dienone is 1. The van der Waals surface area contributed by atoms with Crippen LogP contribution in [0.5, 0.6) is 0 Å². The molecule has 0 aromatic carbocycles. The van der Waals surface area contributed by atoms with Crippen molar-refractivity contribution in [2.45, 2.75) is 27.2 Å². The van der Waals surface area contributed by atoms with Crippen LogP contribution in [0.1, 0.15) is 45.4 Å². The zero-order valence-electron chi connectivity index (χ0n) is 10.8. The number of aromatic nitrogens is 1. The van der Waals surface area contributed by atoms with Gasteiger partial charge in [-0.15, -0.1) is 0 Å². The van der Waals surface area contributed by atoms with Crippen molar-refractivity contribution in [3.63, 3.8) is 0 Å². The molecule has 0 bridgehead atoms. The summed E-state index contributed by atoms with van der Waals surface area (Å²) in [6, 6.07) is 0. The van der Waals surface area contributed by atoms with Gasteiger partial charge in [0.15, 0.2) is 0 Å². The summed E-state index contributed by atoms with van der Waals surface area (Å²) < 4.78 is 0. The number of nitrogens with one attached hydrogen (secondary N) is 2. The smallest absolute Gasteiger partial charge is 0.352 e. The van der Waals surface area contributed by atoms with Crippen molar-refractivity contribution >= 4 is 11.9 Å². The maximum absolute atomic E-state index is 11.9. The predicted octanol–water partition coefficient (Wildman–Crippen LogP) is 2.03. The summed E-state index contributed by atoms with van der Waals surface area (Å²) in [5, 5.41) is 11.7. The summed E-state index contributed by atoms with van der Waals surface area (Å²) >= 11 is 0. The van der Waals surface area contributed by atoms with Crippen molar-refractivity contribution < 1.29 is 14.7 Å². The Bertz CT molecular complexity index is 487. The number of aromatic amines is 1. The Labute approximate surface area is 106 Å². The number of H-pyrrole nitrogens is 1. The van der Waals surface area contributed by atoms with Crippen LogP contribution in [-0.2, 0) is 0 Å². The van der Waals surface area contributed by atoms with Crippen LogP contribution >= 0.6 is 0 Å². The maximum atomic E-state index is 11.9. The Hall–Kier alpha value is -2.04. The van der Waals surface area contributed by atoms with Gasteiger partial charge in [-0.2, -0.15) is 0 Å². The van der Waals surface area contributed by atoms with Crippen LogP contribution in [0.3, 0.4) is 0 Å². The molecule has 0 unspecified atom stereocenters. The quantitative estimate of drug-likeness (QED) is 0.552. The van der Waals surface area contributed by atoms with Crippen LogP contribution in [0.2, 0.25) is 0 Å². The fraction of sp³-hybridized carbons (Fsp3) is 0.385. The molecule has 1 amide bonds. The Morgan fingerprint density at radius 2 is 2.06 bits per heavy atom. The second kappa shape index (κ2) is 6.05. The third-order valence-corrected chi connectivity index (χ3v) is 2.71. The lowest BCUT2D eigenvalue weighted by Gasteiger charge is -2.04. The molecule has 0 aliphatic carbocycles. The first-order valence-corrected chi connectivity index (χ1v) is 5.80. The summed E-state index contributed by atoms with van der Waals surface area (Å²) in [4.78, 5) is 25.6. The third kappa shape index (κ3) is 3.00. The highest BCUT2D eigenvalue weighted by atomic mass is 16.4. The van der Waals surface area contributed by atoms with Crippen LogP contribution < -0.4 is 5.32 Å². The fourth-order valence-corrected chi connectivity index (χ4v) is 1.83. The minimum Gasteiger partial charge on any atom is -0.477 e. The second-order valence-corrected chi connectivity index (χ2v) is 4.04. The zero-order chi connectivity index (χ0) is 13.7. The largest absolute Gasteiger partial charge is 0.477 e. The Balaban J connectivity index is 2.83. The number of rotatable bonds is 5. The number of amides is 1. The lowest BCUT2D eigenvalue weighted by atomic mass is 10.1. The van der Waals surface area contributed by atoms with Gasteiger partial charge in [0.05, 0.1) is 5.56 Å². The number of aromatic carboxylic acids is 1. The van der Waals surface area contributed by atoms with Gasteiger partial charge >= 0.3 is 5.97 Å². The SMILES string of the molecule is C/C=C/CCNC(=O)c1c(C)[nH]c(C(=O)O)c1C. The van der Waals surface area contributed by atoms with Gasteiger partial charge in [-0.05, 0) is 32.8 Å². The Kier molecular flexibility index (Phi) is 4.71. The van der Waals surface area contributed by atoms with E-state index in [-0.39, 0.29) is 11.6 Å². The molecule has 1 rings (SSSR count). The molecule has 0 aliphatic rings. The average Bonchev–Trinajstić information content (AvgIpc) is 2.60. The molecule has 1 aromatic heterocycles. The van der Waals surface area contributed by atoms with E-state index < -0.39 is 5.97 Å². The monoisotopic (exact) mass is 250 g/mol. The van der Waals surface area contributed by atoms with Crippen molar-refractivity contribution in [2.24, 2.45) is 0 Å². The van der Waals surface area contributed by atoms with E-state index in [4.69, 9.17) is 5.11 Å². The van der Waals surface area contributed by atoms with E-state index in [9.17, 15) is 9.59 Å². The maximum Gasteiger partial charge on any atom is 0.352 e. The predicted molar refractivity (Wildman–Crippen MR) is 69.0 cm³/mol. The van der Waals surface area contributed by atoms with E-state index in [1.807, 2.05) is 19.1 Å². The van der Waals surface area contributed by atoms with Crippen LogP contribution in [0.4, 0.5) is 0 Å². The fourth-order valence-electron chi connectivity index (χ4n) is 1.83. The number of aryl methyl sites for hydroxylation is 1. The van der Waals surface area contributed by atoms with Gasteiger partial charge in [-0.3, -0.25) is 4.79 Å². The van der Waals surface area contributed by atoms with E-state index >= 15 is 0 Å². The van der Waals surface area contributed by atoms with E-state index in [1.54, 1.807) is 13.8 Å². The molecule has 1 heterocycles. The van der Waals surface area contributed by atoms with Crippen molar-refractivity contribution in [2.75, 3.05) is 6.54 Å². The molecule has 98 valence electrons. The first-order chi connectivity index (χ1) is 8.49. The standard InChI is InChI=1S/C13H18N2O3/c1-4-5-6-7-14-12(16)10-8(2)11(13(17)18)15-9(10)3/h4-5,15H,6-7H2,1-3H3,(H,14,16)(H,17,18)/b5-4+. The van der Waals surface area contributed by atoms with Crippen LogP contribution in [-0.4, -0.2) is 28.5 Å². The van der Waals surface area contributed by atoms with E-state index in [0.717, 1.165) is 6.42 Å². The highest BCUT2D eigenvalue weighted by molar-refractivity contribution is 6.00.